The SMILES string of the molecule is CCCCN(CCCC)CCn1nnnc1-c1ccc(N(CCCC)CCCC)c(C)c1. The van der Waals surface area contributed by atoms with Crippen molar-refractivity contribution in [3.05, 3.63) is 23.8 Å². The summed E-state index contributed by atoms with van der Waals surface area (Å²) < 4.78 is 1.98. The lowest BCUT2D eigenvalue weighted by Gasteiger charge is -2.26. The topological polar surface area (TPSA) is 50.1 Å². The molecule has 1 heterocycles. The molecular weight excluding hydrogens is 396 g/mol. The third kappa shape index (κ3) is 8.19. The van der Waals surface area contributed by atoms with Crippen molar-refractivity contribution >= 4 is 5.69 Å². The van der Waals surface area contributed by atoms with E-state index < -0.39 is 0 Å². The number of hydrogen-bond donors (Lipinski definition) is 0. The Morgan fingerprint density at radius 1 is 0.781 bits per heavy atom. The summed E-state index contributed by atoms with van der Waals surface area (Å²) in [5.41, 5.74) is 3.76. The quantitative estimate of drug-likeness (QED) is 0.303. The number of benzene rings is 1. The van der Waals surface area contributed by atoms with E-state index in [1.165, 1.54) is 62.6 Å². The van der Waals surface area contributed by atoms with Gasteiger partial charge in [-0.25, -0.2) is 4.68 Å². The van der Waals surface area contributed by atoms with Gasteiger partial charge >= 0.3 is 0 Å². The molecule has 0 bridgehead atoms. The molecule has 0 saturated heterocycles. The molecule has 1 aromatic carbocycles. The first-order valence-corrected chi connectivity index (χ1v) is 13.0. The maximum absolute atomic E-state index is 4.37. The minimum Gasteiger partial charge on any atom is -0.371 e. The van der Waals surface area contributed by atoms with Crippen LogP contribution < -0.4 is 4.90 Å². The zero-order valence-corrected chi connectivity index (χ0v) is 21.3. The zero-order chi connectivity index (χ0) is 23.2. The van der Waals surface area contributed by atoms with E-state index in [0.29, 0.717) is 0 Å². The molecule has 0 radical (unpaired) electrons. The summed E-state index contributed by atoms with van der Waals surface area (Å²) in [6.07, 6.45) is 9.88. The van der Waals surface area contributed by atoms with Crippen molar-refractivity contribution in [1.29, 1.82) is 0 Å². The molecule has 0 saturated carbocycles. The van der Waals surface area contributed by atoms with Gasteiger partial charge in [-0.2, -0.15) is 0 Å². The molecule has 0 spiro atoms. The normalized spacial score (nSPS) is 11.4. The number of rotatable bonds is 17. The summed E-state index contributed by atoms with van der Waals surface area (Å²) in [5.74, 6) is 0.874. The van der Waals surface area contributed by atoms with E-state index in [1.807, 2.05) is 4.68 Å². The minimum atomic E-state index is 0.829. The standard InChI is InChI=1S/C26H46N6/c1-6-10-16-30(17-11-7-2)20-21-32-26(27-28-29-32)24-14-15-25(23(5)22-24)31(18-12-8-3)19-13-9-4/h14-15,22H,6-13,16-21H2,1-5H3. The Labute approximate surface area is 196 Å². The van der Waals surface area contributed by atoms with Crippen LogP contribution in [-0.4, -0.2) is 57.8 Å². The molecule has 0 N–H and O–H groups in total. The van der Waals surface area contributed by atoms with Crippen molar-refractivity contribution in [2.24, 2.45) is 0 Å². The first-order chi connectivity index (χ1) is 15.6. The van der Waals surface area contributed by atoms with Gasteiger partial charge in [0.05, 0.1) is 6.54 Å². The predicted molar refractivity (Wildman–Crippen MR) is 136 cm³/mol. The van der Waals surface area contributed by atoms with Gasteiger partial charge in [0, 0.05) is 30.9 Å². The lowest BCUT2D eigenvalue weighted by molar-refractivity contribution is 0.251. The van der Waals surface area contributed by atoms with E-state index in [-0.39, 0.29) is 0 Å². The largest absolute Gasteiger partial charge is 0.371 e. The Morgan fingerprint density at radius 3 is 1.94 bits per heavy atom. The maximum Gasteiger partial charge on any atom is 0.182 e. The Morgan fingerprint density at radius 2 is 1.38 bits per heavy atom. The Kier molecular flexibility index (Phi) is 12.3. The molecule has 0 aliphatic carbocycles. The molecule has 0 atom stereocenters. The van der Waals surface area contributed by atoms with Crippen LogP contribution in [0.3, 0.4) is 0 Å². The molecule has 0 aliphatic heterocycles. The second-order valence-corrected chi connectivity index (χ2v) is 8.97. The number of unbranched alkanes of at least 4 members (excludes halogenated alkanes) is 4. The molecule has 180 valence electrons. The molecular formula is C26H46N6. The van der Waals surface area contributed by atoms with Crippen LogP contribution >= 0.6 is 0 Å². The Balaban J connectivity index is 2.12. The lowest BCUT2D eigenvalue weighted by atomic mass is 10.1. The third-order valence-electron chi connectivity index (χ3n) is 6.17. The van der Waals surface area contributed by atoms with Crippen molar-refractivity contribution < 1.29 is 0 Å². The van der Waals surface area contributed by atoms with Crippen molar-refractivity contribution in [1.82, 2.24) is 25.1 Å². The minimum absolute atomic E-state index is 0.829. The first-order valence-electron chi connectivity index (χ1n) is 13.0. The molecule has 2 aromatic rings. The Hall–Kier alpha value is -1.95. The zero-order valence-electron chi connectivity index (χ0n) is 21.3. The summed E-state index contributed by atoms with van der Waals surface area (Å²) in [7, 11) is 0. The van der Waals surface area contributed by atoms with E-state index in [1.54, 1.807) is 0 Å². The smallest absolute Gasteiger partial charge is 0.182 e. The molecule has 6 nitrogen and oxygen atoms in total. The number of tetrazole rings is 1. The van der Waals surface area contributed by atoms with Gasteiger partial charge in [0.2, 0.25) is 0 Å². The van der Waals surface area contributed by atoms with Gasteiger partial charge in [-0.05, 0) is 79.9 Å². The first kappa shape index (κ1) is 26.3. The monoisotopic (exact) mass is 442 g/mol. The summed E-state index contributed by atoms with van der Waals surface area (Å²) in [6.45, 7) is 17.7. The highest BCUT2D eigenvalue weighted by molar-refractivity contribution is 5.64. The van der Waals surface area contributed by atoms with Gasteiger partial charge in [0.15, 0.2) is 5.82 Å². The van der Waals surface area contributed by atoms with E-state index in [4.69, 9.17) is 0 Å². The highest BCUT2D eigenvalue weighted by Crippen LogP contribution is 2.26. The maximum atomic E-state index is 4.37. The van der Waals surface area contributed by atoms with Crippen LogP contribution in [-0.2, 0) is 6.54 Å². The third-order valence-corrected chi connectivity index (χ3v) is 6.17. The van der Waals surface area contributed by atoms with Crippen LogP contribution in [0.2, 0.25) is 0 Å². The summed E-state index contributed by atoms with van der Waals surface area (Å²) in [5, 5.41) is 12.7. The van der Waals surface area contributed by atoms with E-state index >= 15 is 0 Å². The van der Waals surface area contributed by atoms with Gasteiger partial charge in [-0.3, -0.25) is 0 Å². The van der Waals surface area contributed by atoms with Crippen LogP contribution in [0, 0.1) is 6.92 Å². The molecule has 2 rings (SSSR count). The van der Waals surface area contributed by atoms with Crippen molar-refractivity contribution in [2.45, 2.75) is 92.5 Å². The molecule has 0 amide bonds. The van der Waals surface area contributed by atoms with Gasteiger partial charge < -0.3 is 9.80 Å². The molecule has 1 aromatic heterocycles. The van der Waals surface area contributed by atoms with Gasteiger partial charge in [0.25, 0.3) is 0 Å². The molecule has 0 fully saturated rings. The van der Waals surface area contributed by atoms with Crippen LogP contribution in [0.25, 0.3) is 11.4 Å². The Bertz CT molecular complexity index is 741. The number of aromatic nitrogens is 4. The fourth-order valence-electron chi connectivity index (χ4n) is 4.10. The van der Waals surface area contributed by atoms with Gasteiger partial charge in [-0.1, -0.05) is 53.4 Å². The van der Waals surface area contributed by atoms with Gasteiger partial charge in [-0.15, -0.1) is 5.10 Å². The molecule has 0 aliphatic rings. The average molecular weight is 443 g/mol. The van der Waals surface area contributed by atoms with E-state index in [9.17, 15) is 0 Å². The average Bonchev–Trinajstić information content (AvgIpc) is 3.27. The van der Waals surface area contributed by atoms with Crippen LogP contribution in [0.5, 0.6) is 0 Å². The fourth-order valence-corrected chi connectivity index (χ4v) is 4.10. The van der Waals surface area contributed by atoms with Crippen molar-refractivity contribution in [3.8, 4) is 11.4 Å². The van der Waals surface area contributed by atoms with Crippen LogP contribution in [0.1, 0.15) is 84.6 Å². The fraction of sp³-hybridized carbons (Fsp3) is 0.731. The van der Waals surface area contributed by atoms with Crippen LogP contribution in [0.15, 0.2) is 18.2 Å². The summed E-state index contributed by atoms with van der Waals surface area (Å²) >= 11 is 0. The molecule has 32 heavy (non-hydrogen) atoms. The van der Waals surface area contributed by atoms with E-state index in [2.05, 4.69) is 78.1 Å². The molecule has 6 heteroatoms. The van der Waals surface area contributed by atoms with Gasteiger partial charge in [0.1, 0.15) is 0 Å². The lowest BCUT2D eigenvalue weighted by Crippen LogP contribution is -2.30. The van der Waals surface area contributed by atoms with E-state index in [0.717, 1.165) is 50.7 Å². The summed E-state index contributed by atoms with van der Waals surface area (Å²) in [4.78, 5) is 5.11. The number of aryl methyl sites for hydroxylation is 1. The highest BCUT2D eigenvalue weighted by atomic mass is 15.5. The highest BCUT2D eigenvalue weighted by Gasteiger charge is 2.14. The second kappa shape index (κ2) is 15.0. The van der Waals surface area contributed by atoms with Crippen molar-refractivity contribution in [3.63, 3.8) is 0 Å². The van der Waals surface area contributed by atoms with Crippen molar-refractivity contribution in [2.75, 3.05) is 37.6 Å². The predicted octanol–water partition coefficient (Wildman–Crippen LogP) is 5.96. The number of anilines is 1. The number of nitrogens with zero attached hydrogens (tertiary/aromatic N) is 6. The summed E-state index contributed by atoms with van der Waals surface area (Å²) in [6, 6.07) is 6.72. The second-order valence-electron chi connectivity index (χ2n) is 8.97. The van der Waals surface area contributed by atoms with Crippen LogP contribution in [0.4, 0.5) is 5.69 Å². The number of hydrogen-bond acceptors (Lipinski definition) is 5. The molecule has 0 unspecified atom stereocenters.